The second-order valence-corrected chi connectivity index (χ2v) is 9.00. The van der Waals surface area contributed by atoms with Gasteiger partial charge in [0.05, 0.1) is 5.69 Å². The van der Waals surface area contributed by atoms with E-state index in [2.05, 4.69) is 15.3 Å². The number of aromatic nitrogens is 2. The zero-order valence-electron chi connectivity index (χ0n) is 17.4. The number of benzene rings is 3. The van der Waals surface area contributed by atoms with E-state index in [9.17, 15) is 0 Å². The number of H-pyrrole nitrogens is 2. The Morgan fingerprint density at radius 1 is 0.909 bits per heavy atom. The lowest BCUT2D eigenvalue weighted by Gasteiger charge is -2.37. The van der Waals surface area contributed by atoms with Gasteiger partial charge in [-0.1, -0.05) is 54.1 Å². The van der Waals surface area contributed by atoms with E-state index in [4.69, 9.17) is 11.6 Å². The molecule has 7 heteroatoms. The molecule has 2 aromatic heterocycles. The second-order valence-electron chi connectivity index (χ2n) is 8.57. The van der Waals surface area contributed by atoms with Crippen LogP contribution in [-0.2, 0) is 18.4 Å². The van der Waals surface area contributed by atoms with Crippen molar-refractivity contribution in [3.63, 3.8) is 0 Å². The Labute approximate surface area is 192 Å². The molecule has 0 fully saturated rings. The molecule has 1 atom stereocenters. The molecular weight excluding hydrogens is 447 g/mol. The molecule has 0 aliphatic carbocycles. The van der Waals surface area contributed by atoms with Crippen molar-refractivity contribution in [1.29, 1.82) is 0 Å². The number of para-hydroxylation sites is 2. The molecule has 33 heavy (non-hydrogen) atoms. The minimum atomic E-state index is -4.59. The molecule has 0 saturated heterocycles. The van der Waals surface area contributed by atoms with E-state index in [1.807, 2.05) is 36.4 Å². The SMILES string of the molecule is FC(F)(F)[C@@]1(Cc2c[nH]c3ccccc23)Nc2ccccc2Cc2c1[nH]c1cc(Cl)ccc21. The molecule has 3 N–H and O–H groups in total. The number of halogens is 4. The summed E-state index contributed by atoms with van der Waals surface area (Å²) in [4.78, 5) is 6.23. The molecule has 1 aliphatic heterocycles. The van der Waals surface area contributed by atoms with Crippen molar-refractivity contribution >= 4 is 39.1 Å². The molecule has 5 aromatic rings. The standard InChI is InChI=1S/C26H19ClF3N3/c27-17-9-10-19-20-11-15-5-1-3-7-21(15)33-25(26(28,29)30,24(20)32-23(19)12-17)13-16-14-31-22-8-4-2-6-18(16)22/h1-10,12,14,31-33H,11,13H2/t25-/m0/s1. The highest BCUT2D eigenvalue weighted by atomic mass is 35.5. The molecule has 0 unspecified atom stereocenters. The highest BCUT2D eigenvalue weighted by molar-refractivity contribution is 6.31. The lowest BCUT2D eigenvalue weighted by atomic mass is 9.84. The summed E-state index contributed by atoms with van der Waals surface area (Å²) in [5.41, 5.74) is 1.72. The average molecular weight is 466 g/mol. The zero-order chi connectivity index (χ0) is 22.8. The second kappa shape index (κ2) is 7.06. The molecule has 0 bridgehead atoms. The minimum absolute atomic E-state index is 0.133. The number of hydrogen-bond acceptors (Lipinski definition) is 1. The predicted molar refractivity (Wildman–Crippen MR) is 126 cm³/mol. The summed E-state index contributed by atoms with van der Waals surface area (Å²) in [6.45, 7) is 0. The number of alkyl halides is 3. The van der Waals surface area contributed by atoms with Crippen LogP contribution >= 0.6 is 11.6 Å². The van der Waals surface area contributed by atoms with Gasteiger partial charge in [-0.15, -0.1) is 0 Å². The van der Waals surface area contributed by atoms with Crippen LogP contribution in [0.5, 0.6) is 0 Å². The monoisotopic (exact) mass is 465 g/mol. The number of rotatable bonds is 2. The number of aromatic amines is 2. The Balaban J connectivity index is 1.66. The zero-order valence-corrected chi connectivity index (χ0v) is 18.1. The summed E-state index contributed by atoms with van der Waals surface area (Å²) in [7, 11) is 0. The fraction of sp³-hybridized carbons (Fsp3) is 0.154. The lowest BCUT2D eigenvalue weighted by Crippen LogP contribution is -2.51. The Morgan fingerprint density at radius 3 is 2.55 bits per heavy atom. The Bertz CT molecular complexity index is 1510. The van der Waals surface area contributed by atoms with E-state index in [-0.39, 0.29) is 12.1 Å². The highest BCUT2D eigenvalue weighted by Crippen LogP contribution is 2.50. The summed E-state index contributed by atoms with van der Waals surface area (Å²) >= 11 is 6.18. The third-order valence-electron chi connectivity index (χ3n) is 6.64. The van der Waals surface area contributed by atoms with Gasteiger partial charge in [0.15, 0.2) is 5.54 Å². The number of nitrogens with one attached hydrogen (secondary N) is 3. The van der Waals surface area contributed by atoms with Crippen LogP contribution in [0.15, 0.2) is 72.9 Å². The van der Waals surface area contributed by atoms with E-state index in [0.29, 0.717) is 33.8 Å². The van der Waals surface area contributed by atoms with Crippen LogP contribution in [0.4, 0.5) is 18.9 Å². The fourth-order valence-corrected chi connectivity index (χ4v) is 5.24. The Morgan fingerprint density at radius 2 is 1.70 bits per heavy atom. The summed E-state index contributed by atoms with van der Waals surface area (Å²) in [6, 6.07) is 19.8. The van der Waals surface area contributed by atoms with Gasteiger partial charge in [-0.05, 0) is 41.0 Å². The van der Waals surface area contributed by atoms with Crippen LogP contribution in [0.2, 0.25) is 5.02 Å². The van der Waals surface area contributed by atoms with Gasteiger partial charge in [-0.3, -0.25) is 0 Å². The molecule has 0 saturated carbocycles. The molecular formula is C26H19ClF3N3. The maximum atomic E-state index is 15.2. The van der Waals surface area contributed by atoms with Gasteiger partial charge in [0, 0.05) is 51.6 Å². The smallest absolute Gasteiger partial charge is 0.366 e. The van der Waals surface area contributed by atoms with Crippen LogP contribution in [0, 0.1) is 0 Å². The van der Waals surface area contributed by atoms with Crippen molar-refractivity contribution in [1.82, 2.24) is 9.97 Å². The average Bonchev–Trinajstić information content (AvgIpc) is 3.31. The van der Waals surface area contributed by atoms with Gasteiger partial charge in [0.1, 0.15) is 0 Å². The first kappa shape index (κ1) is 20.2. The quantitative estimate of drug-likeness (QED) is 0.251. The van der Waals surface area contributed by atoms with Crippen LogP contribution in [-0.4, -0.2) is 16.1 Å². The van der Waals surface area contributed by atoms with Crippen molar-refractivity contribution in [2.75, 3.05) is 5.32 Å². The first-order chi connectivity index (χ1) is 15.9. The number of fused-ring (bicyclic) bond motifs is 5. The molecule has 1 aliphatic rings. The third kappa shape index (κ3) is 3.04. The maximum Gasteiger partial charge on any atom is 0.417 e. The van der Waals surface area contributed by atoms with Gasteiger partial charge in [-0.2, -0.15) is 13.2 Å². The van der Waals surface area contributed by atoms with Crippen LogP contribution in [0.25, 0.3) is 21.8 Å². The van der Waals surface area contributed by atoms with E-state index < -0.39 is 11.7 Å². The molecule has 3 heterocycles. The van der Waals surface area contributed by atoms with Crippen molar-refractivity contribution in [2.24, 2.45) is 0 Å². The van der Waals surface area contributed by atoms with E-state index in [0.717, 1.165) is 21.9 Å². The molecule has 166 valence electrons. The summed E-state index contributed by atoms with van der Waals surface area (Å²) in [6.07, 6.45) is -2.81. The van der Waals surface area contributed by atoms with Crippen LogP contribution < -0.4 is 5.32 Å². The van der Waals surface area contributed by atoms with Crippen molar-refractivity contribution in [2.45, 2.75) is 24.6 Å². The molecule has 6 rings (SSSR count). The van der Waals surface area contributed by atoms with E-state index >= 15 is 13.2 Å². The third-order valence-corrected chi connectivity index (χ3v) is 6.88. The topological polar surface area (TPSA) is 43.6 Å². The summed E-state index contributed by atoms with van der Waals surface area (Å²) < 4.78 is 45.7. The molecule has 3 nitrogen and oxygen atoms in total. The first-order valence-corrected chi connectivity index (χ1v) is 11.0. The van der Waals surface area contributed by atoms with E-state index in [1.54, 1.807) is 36.5 Å². The predicted octanol–water partition coefficient (Wildman–Crippen LogP) is 7.32. The van der Waals surface area contributed by atoms with Gasteiger partial charge in [0.25, 0.3) is 0 Å². The van der Waals surface area contributed by atoms with Crippen LogP contribution in [0.1, 0.15) is 22.4 Å². The molecule has 0 amide bonds. The van der Waals surface area contributed by atoms with E-state index in [1.165, 1.54) is 0 Å². The van der Waals surface area contributed by atoms with Gasteiger partial charge >= 0.3 is 6.18 Å². The maximum absolute atomic E-state index is 15.2. The normalized spacial score (nSPS) is 18.1. The molecule has 0 spiro atoms. The summed E-state index contributed by atoms with van der Waals surface area (Å²) in [5.74, 6) is 0. The van der Waals surface area contributed by atoms with Gasteiger partial charge in [-0.25, -0.2) is 0 Å². The largest absolute Gasteiger partial charge is 0.417 e. The lowest BCUT2D eigenvalue weighted by molar-refractivity contribution is -0.183. The number of hydrogen-bond donors (Lipinski definition) is 3. The molecule has 0 radical (unpaired) electrons. The van der Waals surface area contributed by atoms with Crippen molar-refractivity contribution in [3.8, 4) is 0 Å². The molecule has 3 aromatic carbocycles. The van der Waals surface area contributed by atoms with Gasteiger partial charge < -0.3 is 15.3 Å². The minimum Gasteiger partial charge on any atom is -0.366 e. The van der Waals surface area contributed by atoms with Gasteiger partial charge in [0.2, 0.25) is 0 Å². The number of anilines is 1. The van der Waals surface area contributed by atoms with Crippen molar-refractivity contribution in [3.05, 3.63) is 100 Å². The summed E-state index contributed by atoms with van der Waals surface area (Å²) in [5, 5.41) is 4.95. The Hall–Kier alpha value is -3.38. The Kier molecular flexibility index (Phi) is 4.33. The fourth-order valence-electron chi connectivity index (χ4n) is 5.06. The highest BCUT2D eigenvalue weighted by Gasteiger charge is 2.59. The first-order valence-electron chi connectivity index (χ1n) is 10.6. The van der Waals surface area contributed by atoms with Crippen LogP contribution in [0.3, 0.4) is 0 Å². The van der Waals surface area contributed by atoms with Crippen molar-refractivity contribution < 1.29 is 13.2 Å².